The number of aromatic nitrogens is 3. The first-order valence-corrected chi connectivity index (χ1v) is 9.27. The second-order valence-electron chi connectivity index (χ2n) is 6.03. The number of para-hydroxylation sites is 1. The SMILES string of the molecule is Cc1ccc(OCCSc2nnc3cc(C)c4ccccc4n23)cc1. The van der Waals surface area contributed by atoms with Gasteiger partial charge in [0.15, 0.2) is 10.8 Å². The first-order chi connectivity index (χ1) is 12.2. The van der Waals surface area contributed by atoms with Gasteiger partial charge in [-0.05, 0) is 43.7 Å². The lowest BCUT2D eigenvalue weighted by Gasteiger charge is -2.08. The third-order valence-electron chi connectivity index (χ3n) is 4.18. The van der Waals surface area contributed by atoms with Crippen LogP contribution in [0, 0.1) is 13.8 Å². The summed E-state index contributed by atoms with van der Waals surface area (Å²) in [4.78, 5) is 0. The van der Waals surface area contributed by atoms with Crippen molar-refractivity contribution in [3.8, 4) is 5.75 Å². The van der Waals surface area contributed by atoms with Gasteiger partial charge in [-0.2, -0.15) is 0 Å². The Morgan fingerprint density at radius 1 is 1.00 bits per heavy atom. The van der Waals surface area contributed by atoms with Crippen LogP contribution in [0.25, 0.3) is 16.6 Å². The van der Waals surface area contributed by atoms with Gasteiger partial charge in [0, 0.05) is 11.1 Å². The van der Waals surface area contributed by atoms with Crippen molar-refractivity contribution in [3.05, 3.63) is 65.7 Å². The van der Waals surface area contributed by atoms with E-state index in [9.17, 15) is 0 Å². The molecule has 5 heteroatoms. The van der Waals surface area contributed by atoms with Crippen molar-refractivity contribution in [2.45, 2.75) is 19.0 Å². The fourth-order valence-electron chi connectivity index (χ4n) is 2.90. The van der Waals surface area contributed by atoms with Crippen LogP contribution in [0.3, 0.4) is 0 Å². The molecule has 2 aromatic carbocycles. The Morgan fingerprint density at radius 3 is 2.64 bits per heavy atom. The lowest BCUT2D eigenvalue weighted by atomic mass is 10.1. The molecule has 25 heavy (non-hydrogen) atoms. The molecule has 0 spiro atoms. The first-order valence-electron chi connectivity index (χ1n) is 8.28. The van der Waals surface area contributed by atoms with Crippen LogP contribution in [0.1, 0.15) is 11.1 Å². The number of fused-ring (bicyclic) bond motifs is 3. The number of hydrogen-bond donors (Lipinski definition) is 0. The fraction of sp³-hybridized carbons (Fsp3) is 0.200. The van der Waals surface area contributed by atoms with Crippen molar-refractivity contribution in [1.82, 2.24) is 14.6 Å². The quantitative estimate of drug-likeness (QED) is 0.388. The average Bonchev–Trinajstić information content (AvgIpc) is 3.03. The Balaban J connectivity index is 1.52. The third-order valence-corrected chi connectivity index (χ3v) is 5.07. The maximum Gasteiger partial charge on any atom is 0.196 e. The molecule has 0 bridgehead atoms. The molecular weight excluding hydrogens is 330 g/mol. The number of ether oxygens (including phenoxy) is 1. The van der Waals surface area contributed by atoms with E-state index in [1.165, 1.54) is 16.5 Å². The summed E-state index contributed by atoms with van der Waals surface area (Å²) < 4.78 is 7.92. The molecule has 0 amide bonds. The van der Waals surface area contributed by atoms with Crippen LogP contribution in [-0.2, 0) is 0 Å². The molecular formula is C20H19N3OS. The molecule has 4 rings (SSSR count). The Morgan fingerprint density at radius 2 is 1.80 bits per heavy atom. The van der Waals surface area contributed by atoms with E-state index in [4.69, 9.17) is 4.74 Å². The minimum absolute atomic E-state index is 0.631. The van der Waals surface area contributed by atoms with Crippen molar-refractivity contribution in [2.24, 2.45) is 0 Å². The van der Waals surface area contributed by atoms with Crippen molar-refractivity contribution in [1.29, 1.82) is 0 Å². The monoisotopic (exact) mass is 349 g/mol. The van der Waals surface area contributed by atoms with E-state index in [2.05, 4.69) is 70.9 Å². The van der Waals surface area contributed by atoms with Gasteiger partial charge in [-0.3, -0.25) is 4.40 Å². The number of aryl methyl sites for hydroxylation is 2. The van der Waals surface area contributed by atoms with Gasteiger partial charge in [0.1, 0.15) is 5.75 Å². The van der Waals surface area contributed by atoms with Crippen LogP contribution in [0.2, 0.25) is 0 Å². The van der Waals surface area contributed by atoms with E-state index in [1.807, 2.05) is 12.1 Å². The van der Waals surface area contributed by atoms with Crippen molar-refractivity contribution >= 4 is 28.3 Å². The lowest BCUT2D eigenvalue weighted by molar-refractivity contribution is 0.344. The summed E-state index contributed by atoms with van der Waals surface area (Å²) >= 11 is 1.66. The first kappa shape index (κ1) is 16.0. The van der Waals surface area contributed by atoms with Crippen LogP contribution in [0.4, 0.5) is 0 Å². The second-order valence-corrected chi connectivity index (χ2v) is 7.09. The minimum atomic E-state index is 0.631. The standard InChI is InChI=1S/C20H19N3OS/c1-14-7-9-16(10-8-14)24-11-12-25-20-22-21-19-13-15(2)17-5-3-4-6-18(17)23(19)20/h3-10,13H,11-12H2,1-2H3. The molecule has 2 heterocycles. The normalized spacial score (nSPS) is 11.3. The highest BCUT2D eigenvalue weighted by atomic mass is 32.2. The molecule has 0 saturated heterocycles. The number of pyridine rings is 1. The van der Waals surface area contributed by atoms with Gasteiger partial charge in [0.2, 0.25) is 0 Å². The predicted molar refractivity (Wildman–Crippen MR) is 103 cm³/mol. The fourth-order valence-corrected chi connectivity index (χ4v) is 3.66. The van der Waals surface area contributed by atoms with Crippen molar-refractivity contribution < 1.29 is 4.74 Å². The van der Waals surface area contributed by atoms with Gasteiger partial charge >= 0.3 is 0 Å². The van der Waals surface area contributed by atoms with E-state index in [0.29, 0.717) is 6.61 Å². The number of hydrogen-bond acceptors (Lipinski definition) is 4. The smallest absolute Gasteiger partial charge is 0.196 e. The number of rotatable bonds is 5. The maximum atomic E-state index is 5.80. The number of thioether (sulfide) groups is 1. The molecule has 2 aromatic heterocycles. The van der Waals surface area contributed by atoms with E-state index in [1.54, 1.807) is 11.8 Å². The van der Waals surface area contributed by atoms with E-state index in [-0.39, 0.29) is 0 Å². The summed E-state index contributed by atoms with van der Waals surface area (Å²) in [6.07, 6.45) is 0. The highest BCUT2D eigenvalue weighted by Gasteiger charge is 2.11. The minimum Gasteiger partial charge on any atom is -0.493 e. The molecule has 0 aliphatic carbocycles. The molecule has 0 atom stereocenters. The molecule has 0 N–H and O–H groups in total. The Labute approximate surface area is 150 Å². The van der Waals surface area contributed by atoms with Crippen LogP contribution >= 0.6 is 11.8 Å². The maximum absolute atomic E-state index is 5.80. The van der Waals surface area contributed by atoms with Crippen molar-refractivity contribution in [3.63, 3.8) is 0 Å². The highest BCUT2D eigenvalue weighted by molar-refractivity contribution is 7.99. The predicted octanol–water partition coefficient (Wildman–Crippen LogP) is 4.67. The third kappa shape index (κ3) is 3.20. The van der Waals surface area contributed by atoms with Gasteiger partial charge in [0.05, 0.1) is 12.1 Å². The second kappa shape index (κ2) is 6.76. The zero-order chi connectivity index (χ0) is 17.2. The molecule has 4 aromatic rings. The molecule has 0 saturated carbocycles. The van der Waals surface area contributed by atoms with Crippen LogP contribution in [-0.4, -0.2) is 27.0 Å². The number of nitrogens with zero attached hydrogens (tertiary/aromatic N) is 3. The molecule has 0 radical (unpaired) electrons. The largest absolute Gasteiger partial charge is 0.493 e. The van der Waals surface area contributed by atoms with Gasteiger partial charge in [0.25, 0.3) is 0 Å². The van der Waals surface area contributed by atoms with Gasteiger partial charge in [-0.15, -0.1) is 10.2 Å². The molecule has 4 nitrogen and oxygen atoms in total. The van der Waals surface area contributed by atoms with E-state index in [0.717, 1.165) is 27.8 Å². The van der Waals surface area contributed by atoms with Crippen LogP contribution < -0.4 is 4.74 Å². The van der Waals surface area contributed by atoms with E-state index < -0.39 is 0 Å². The average molecular weight is 349 g/mol. The zero-order valence-electron chi connectivity index (χ0n) is 14.3. The Hall–Kier alpha value is -2.53. The van der Waals surface area contributed by atoms with Crippen LogP contribution in [0.15, 0.2) is 59.8 Å². The van der Waals surface area contributed by atoms with Gasteiger partial charge in [-0.1, -0.05) is 47.7 Å². The summed E-state index contributed by atoms with van der Waals surface area (Å²) in [5.74, 6) is 1.72. The molecule has 126 valence electrons. The Bertz CT molecular complexity index is 1020. The summed E-state index contributed by atoms with van der Waals surface area (Å²) in [6.45, 7) is 4.81. The molecule has 0 unspecified atom stereocenters. The van der Waals surface area contributed by atoms with E-state index >= 15 is 0 Å². The topological polar surface area (TPSA) is 39.4 Å². The zero-order valence-corrected chi connectivity index (χ0v) is 15.1. The van der Waals surface area contributed by atoms with Gasteiger partial charge in [-0.25, -0.2) is 0 Å². The Kier molecular flexibility index (Phi) is 4.32. The summed E-state index contributed by atoms with van der Waals surface area (Å²) in [5.41, 5.74) is 4.48. The summed E-state index contributed by atoms with van der Waals surface area (Å²) in [5, 5.41) is 10.8. The molecule has 0 aliphatic heterocycles. The van der Waals surface area contributed by atoms with Crippen LogP contribution in [0.5, 0.6) is 5.75 Å². The molecule has 0 fully saturated rings. The highest BCUT2D eigenvalue weighted by Crippen LogP contribution is 2.25. The lowest BCUT2D eigenvalue weighted by Crippen LogP contribution is -2.01. The summed E-state index contributed by atoms with van der Waals surface area (Å²) in [6, 6.07) is 18.6. The molecule has 0 aliphatic rings. The number of benzene rings is 2. The van der Waals surface area contributed by atoms with Crippen molar-refractivity contribution in [2.75, 3.05) is 12.4 Å². The van der Waals surface area contributed by atoms with Gasteiger partial charge < -0.3 is 4.74 Å². The summed E-state index contributed by atoms with van der Waals surface area (Å²) in [7, 11) is 0.